The molecule has 12 rings (SSSR count). The summed E-state index contributed by atoms with van der Waals surface area (Å²) in [7, 11) is 0. The van der Waals surface area contributed by atoms with Gasteiger partial charge in [-0.3, -0.25) is 0 Å². The van der Waals surface area contributed by atoms with E-state index in [0.29, 0.717) is 17.5 Å². The molecule has 0 aliphatic heterocycles. The summed E-state index contributed by atoms with van der Waals surface area (Å²) >= 11 is 1.81. The predicted molar refractivity (Wildman–Crippen MR) is 234 cm³/mol. The maximum Gasteiger partial charge on any atom is 0.165 e. The van der Waals surface area contributed by atoms with Crippen LogP contribution in [0, 0.1) is 0 Å². The first-order chi connectivity index (χ1) is 27.7. The zero-order chi connectivity index (χ0) is 36.7. The molecule has 0 bridgehead atoms. The molecule has 0 radical (unpaired) electrons. The number of benzene rings is 9. The van der Waals surface area contributed by atoms with E-state index in [-0.39, 0.29) is 0 Å². The summed E-state index contributed by atoms with van der Waals surface area (Å²) in [5.74, 6) is 1.95. The monoisotopic (exact) mass is 731 g/mol. The molecule has 12 aromatic rings. The lowest BCUT2D eigenvalue weighted by Gasteiger charge is -2.13. The van der Waals surface area contributed by atoms with Crippen LogP contribution in [0.2, 0.25) is 0 Å². The maximum atomic E-state index is 6.36. The second kappa shape index (κ2) is 12.2. The van der Waals surface area contributed by atoms with E-state index in [1.54, 1.807) is 0 Å². The topological polar surface area (TPSA) is 51.8 Å². The minimum absolute atomic E-state index is 0.647. The Balaban J connectivity index is 1.10. The van der Waals surface area contributed by atoms with Crippen molar-refractivity contribution in [3.05, 3.63) is 176 Å². The largest absolute Gasteiger partial charge is 0.456 e. The van der Waals surface area contributed by atoms with Gasteiger partial charge < -0.3 is 4.42 Å². The maximum absolute atomic E-state index is 6.36. The molecule has 260 valence electrons. The molecule has 4 nitrogen and oxygen atoms in total. The molecule has 0 spiro atoms. The number of furan rings is 1. The SMILES string of the molecule is c1ccc(-c2nc(-c3ccc4ccccc4c3)nc(-c3c4ccccc4cc4sc5ccc(-c6ccc7oc8cc9ccccc9cc8c7c6)cc5c34)n2)cc1. The highest BCUT2D eigenvalue weighted by molar-refractivity contribution is 7.26. The van der Waals surface area contributed by atoms with Crippen LogP contribution in [0.25, 0.3) is 120 Å². The third kappa shape index (κ3) is 4.95. The Morgan fingerprint density at radius 1 is 0.339 bits per heavy atom. The summed E-state index contributed by atoms with van der Waals surface area (Å²) in [5.41, 5.74) is 7.00. The average Bonchev–Trinajstić information content (AvgIpc) is 3.81. The lowest BCUT2D eigenvalue weighted by Crippen LogP contribution is -2.01. The second-order valence-electron chi connectivity index (χ2n) is 14.4. The third-order valence-electron chi connectivity index (χ3n) is 11.1. The van der Waals surface area contributed by atoms with E-state index in [4.69, 9.17) is 19.4 Å². The van der Waals surface area contributed by atoms with Crippen LogP contribution in [-0.2, 0) is 0 Å². The number of thiophene rings is 1. The molecule has 0 saturated heterocycles. The van der Waals surface area contributed by atoms with E-state index in [2.05, 4.69) is 158 Å². The minimum Gasteiger partial charge on any atom is -0.456 e. The Labute approximate surface area is 325 Å². The minimum atomic E-state index is 0.647. The van der Waals surface area contributed by atoms with Crippen molar-refractivity contribution in [1.29, 1.82) is 0 Å². The van der Waals surface area contributed by atoms with Crippen molar-refractivity contribution in [2.24, 2.45) is 0 Å². The highest BCUT2D eigenvalue weighted by atomic mass is 32.1. The first kappa shape index (κ1) is 31.2. The van der Waals surface area contributed by atoms with Crippen molar-refractivity contribution < 1.29 is 4.42 Å². The van der Waals surface area contributed by atoms with Gasteiger partial charge in [-0.2, -0.15) is 0 Å². The van der Waals surface area contributed by atoms with Gasteiger partial charge in [0.15, 0.2) is 17.5 Å². The van der Waals surface area contributed by atoms with Gasteiger partial charge in [-0.1, -0.05) is 127 Å². The number of rotatable bonds is 4. The molecule has 5 heteroatoms. The number of hydrogen-bond acceptors (Lipinski definition) is 5. The van der Waals surface area contributed by atoms with Gasteiger partial charge in [-0.05, 0) is 92.0 Å². The van der Waals surface area contributed by atoms with E-state index < -0.39 is 0 Å². The number of aromatic nitrogens is 3. The number of nitrogens with zero attached hydrogens (tertiary/aromatic N) is 3. The molecule has 0 saturated carbocycles. The third-order valence-corrected chi connectivity index (χ3v) is 12.2. The quantitative estimate of drug-likeness (QED) is 0.181. The Hall–Kier alpha value is -7.21. The molecule has 0 atom stereocenters. The highest BCUT2D eigenvalue weighted by Gasteiger charge is 2.21. The number of hydrogen-bond donors (Lipinski definition) is 0. The smallest absolute Gasteiger partial charge is 0.165 e. The van der Waals surface area contributed by atoms with Gasteiger partial charge in [-0.25, -0.2) is 15.0 Å². The van der Waals surface area contributed by atoms with E-state index in [0.717, 1.165) is 71.3 Å². The fourth-order valence-corrected chi connectivity index (χ4v) is 9.46. The Morgan fingerprint density at radius 2 is 0.946 bits per heavy atom. The van der Waals surface area contributed by atoms with Gasteiger partial charge >= 0.3 is 0 Å². The van der Waals surface area contributed by atoms with Crippen molar-refractivity contribution in [3.8, 4) is 45.3 Å². The van der Waals surface area contributed by atoms with Gasteiger partial charge in [0.05, 0.1) is 0 Å². The molecule has 0 fully saturated rings. The average molecular weight is 732 g/mol. The molecule has 56 heavy (non-hydrogen) atoms. The Bertz CT molecular complexity index is 3550. The van der Waals surface area contributed by atoms with Crippen LogP contribution in [-0.4, -0.2) is 15.0 Å². The molecular weight excluding hydrogens is 703 g/mol. The summed E-state index contributed by atoms with van der Waals surface area (Å²) in [6, 6.07) is 62.2. The Kier molecular flexibility index (Phi) is 6.76. The van der Waals surface area contributed by atoms with E-state index in [1.807, 2.05) is 29.5 Å². The molecule has 3 heterocycles. The fraction of sp³-hybridized carbons (Fsp3) is 0. The van der Waals surface area contributed by atoms with Crippen LogP contribution in [0.15, 0.2) is 180 Å². The first-order valence-corrected chi connectivity index (χ1v) is 19.6. The van der Waals surface area contributed by atoms with Crippen molar-refractivity contribution in [2.75, 3.05) is 0 Å². The van der Waals surface area contributed by atoms with Crippen LogP contribution in [0.5, 0.6) is 0 Å². The van der Waals surface area contributed by atoms with Crippen LogP contribution in [0.4, 0.5) is 0 Å². The molecule has 9 aromatic carbocycles. The predicted octanol–water partition coefficient (Wildman–Crippen LogP) is 14.3. The summed E-state index contributed by atoms with van der Waals surface area (Å²) in [6.07, 6.45) is 0. The molecule has 0 amide bonds. The molecule has 0 aliphatic carbocycles. The van der Waals surface area contributed by atoms with Gasteiger partial charge in [0.25, 0.3) is 0 Å². The lowest BCUT2D eigenvalue weighted by atomic mass is 9.96. The summed E-state index contributed by atoms with van der Waals surface area (Å²) in [4.78, 5) is 15.7. The second-order valence-corrected chi connectivity index (χ2v) is 15.5. The summed E-state index contributed by atoms with van der Waals surface area (Å²) in [6.45, 7) is 0. The molecule has 0 N–H and O–H groups in total. The molecule has 0 aliphatic rings. The van der Waals surface area contributed by atoms with E-state index in [1.165, 1.54) is 30.9 Å². The fourth-order valence-electron chi connectivity index (χ4n) is 8.32. The number of fused-ring (bicyclic) bond motifs is 9. The van der Waals surface area contributed by atoms with Gasteiger partial charge in [0.2, 0.25) is 0 Å². The molecular formula is C51H29N3OS. The normalized spacial score (nSPS) is 11.9. The summed E-state index contributed by atoms with van der Waals surface area (Å²) < 4.78 is 8.77. The molecule has 0 unspecified atom stereocenters. The van der Waals surface area contributed by atoms with Crippen molar-refractivity contribution in [2.45, 2.75) is 0 Å². The van der Waals surface area contributed by atoms with Crippen molar-refractivity contribution in [3.63, 3.8) is 0 Å². The standard InChI is InChI=1S/C51H29N3OS/c1-2-11-31(12-3-1)49-52-50(38-19-18-30-10-4-5-13-32(30)24-38)54-51(53-49)48-39-17-9-8-16-37(39)29-46-47(48)42-27-36(21-23-45(42)56-46)35-20-22-43-40(26-35)41-25-33-14-6-7-15-34(33)28-44(41)55-43/h1-29H. The first-order valence-electron chi connectivity index (χ1n) is 18.7. The van der Waals surface area contributed by atoms with Crippen molar-refractivity contribution in [1.82, 2.24) is 15.0 Å². The van der Waals surface area contributed by atoms with Crippen LogP contribution >= 0.6 is 11.3 Å². The molecule has 3 aromatic heterocycles. The lowest BCUT2D eigenvalue weighted by molar-refractivity contribution is 0.669. The zero-order valence-electron chi connectivity index (χ0n) is 29.9. The van der Waals surface area contributed by atoms with E-state index in [9.17, 15) is 0 Å². The van der Waals surface area contributed by atoms with Gasteiger partial charge in [0, 0.05) is 47.6 Å². The van der Waals surface area contributed by atoms with Gasteiger partial charge in [0.1, 0.15) is 11.2 Å². The Morgan fingerprint density at radius 3 is 1.77 bits per heavy atom. The van der Waals surface area contributed by atoms with Gasteiger partial charge in [-0.15, -0.1) is 11.3 Å². The highest BCUT2D eigenvalue weighted by Crippen LogP contribution is 2.45. The summed E-state index contributed by atoms with van der Waals surface area (Å²) in [5, 5.41) is 11.5. The zero-order valence-corrected chi connectivity index (χ0v) is 30.7. The van der Waals surface area contributed by atoms with Crippen molar-refractivity contribution >= 4 is 85.8 Å². The van der Waals surface area contributed by atoms with E-state index >= 15 is 0 Å². The van der Waals surface area contributed by atoms with Crippen LogP contribution in [0.3, 0.4) is 0 Å². The van der Waals surface area contributed by atoms with Crippen LogP contribution in [0.1, 0.15) is 0 Å². The van der Waals surface area contributed by atoms with Crippen LogP contribution < -0.4 is 0 Å².